The van der Waals surface area contributed by atoms with Crippen molar-refractivity contribution in [1.29, 1.82) is 0 Å². The third-order valence-electron chi connectivity index (χ3n) is 2.95. The zero-order valence-corrected chi connectivity index (χ0v) is 13.3. The predicted molar refractivity (Wildman–Crippen MR) is 80.4 cm³/mol. The van der Waals surface area contributed by atoms with Crippen LogP contribution in [0.3, 0.4) is 0 Å². The molecular weight excluding hydrogens is 326 g/mol. The van der Waals surface area contributed by atoms with Crippen LogP contribution >= 0.6 is 15.9 Å². The van der Waals surface area contributed by atoms with E-state index >= 15 is 0 Å². The lowest BCUT2D eigenvalue weighted by atomic mass is 10.1. The monoisotopic (exact) mass is 341 g/mol. The maximum Gasteiger partial charge on any atom is 0.174 e. The summed E-state index contributed by atoms with van der Waals surface area (Å²) in [5.74, 6) is 2.29. The number of aryl methyl sites for hydroxylation is 1. The molecule has 0 aliphatic heterocycles. The van der Waals surface area contributed by atoms with Gasteiger partial charge in [0.05, 0.1) is 31.4 Å². The molecule has 2 N–H and O–H groups in total. The van der Waals surface area contributed by atoms with Crippen molar-refractivity contribution in [3.05, 3.63) is 16.6 Å². The van der Waals surface area contributed by atoms with Crippen molar-refractivity contribution in [2.75, 3.05) is 27.1 Å². The largest absolute Gasteiger partial charge is 0.495 e. The fourth-order valence-electron chi connectivity index (χ4n) is 1.98. The van der Waals surface area contributed by atoms with Crippen LogP contribution < -0.4 is 19.9 Å². The van der Waals surface area contributed by atoms with E-state index in [0.717, 1.165) is 4.47 Å². The zero-order valence-electron chi connectivity index (χ0n) is 11.7. The molecule has 1 aromatic heterocycles. The standard InChI is InChI=1S/C13H16BrN3O3/c1-17-10(15)6-8(16-17)11-12(19-3)7(14)5-9(18-2)13(11)20-4/h5-6H,15H2,1-4H3. The van der Waals surface area contributed by atoms with E-state index in [-0.39, 0.29) is 0 Å². The molecule has 0 spiro atoms. The van der Waals surface area contributed by atoms with Crippen LogP contribution in [0.2, 0.25) is 0 Å². The number of hydrogen-bond acceptors (Lipinski definition) is 5. The van der Waals surface area contributed by atoms with Crippen LogP contribution in [0, 0.1) is 0 Å². The van der Waals surface area contributed by atoms with E-state index in [0.29, 0.717) is 34.3 Å². The number of nitrogen functional groups attached to an aromatic ring is 1. The summed E-state index contributed by atoms with van der Waals surface area (Å²) >= 11 is 3.46. The fourth-order valence-corrected chi connectivity index (χ4v) is 2.55. The van der Waals surface area contributed by atoms with Gasteiger partial charge in [-0.2, -0.15) is 5.10 Å². The quantitative estimate of drug-likeness (QED) is 0.924. The number of anilines is 1. The van der Waals surface area contributed by atoms with Gasteiger partial charge in [0, 0.05) is 19.2 Å². The number of nitrogens with two attached hydrogens (primary N) is 1. The zero-order chi connectivity index (χ0) is 14.9. The first-order valence-corrected chi connectivity index (χ1v) is 6.61. The molecule has 2 rings (SSSR count). The van der Waals surface area contributed by atoms with E-state index in [1.807, 2.05) is 0 Å². The molecule has 0 aliphatic rings. The molecule has 1 heterocycles. The van der Waals surface area contributed by atoms with Crippen LogP contribution in [0.4, 0.5) is 5.82 Å². The maximum atomic E-state index is 5.85. The Morgan fingerprint density at radius 1 is 1.10 bits per heavy atom. The minimum absolute atomic E-state index is 0.544. The minimum atomic E-state index is 0.544. The molecule has 0 amide bonds. The fraction of sp³-hybridized carbons (Fsp3) is 0.308. The number of halogens is 1. The Balaban J connectivity index is 2.79. The molecule has 0 fully saturated rings. The minimum Gasteiger partial charge on any atom is -0.495 e. The van der Waals surface area contributed by atoms with Crippen LogP contribution in [0.25, 0.3) is 11.3 Å². The van der Waals surface area contributed by atoms with Crippen LogP contribution in [-0.4, -0.2) is 31.1 Å². The molecule has 0 atom stereocenters. The summed E-state index contributed by atoms with van der Waals surface area (Å²) in [6.07, 6.45) is 0. The molecule has 0 bridgehead atoms. The van der Waals surface area contributed by atoms with Gasteiger partial charge in [0.2, 0.25) is 0 Å². The second-order valence-corrected chi connectivity index (χ2v) is 4.93. The number of methoxy groups -OCH3 is 3. The lowest BCUT2D eigenvalue weighted by Crippen LogP contribution is -1.99. The van der Waals surface area contributed by atoms with Gasteiger partial charge in [-0.1, -0.05) is 0 Å². The SMILES string of the molecule is COc1cc(Br)c(OC)c(-c2cc(N)n(C)n2)c1OC. The van der Waals surface area contributed by atoms with Crippen molar-refractivity contribution in [2.24, 2.45) is 7.05 Å². The number of hydrogen-bond donors (Lipinski definition) is 1. The average molecular weight is 342 g/mol. The van der Waals surface area contributed by atoms with Crippen molar-refractivity contribution in [2.45, 2.75) is 0 Å². The highest BCUT2D eigenvalue weighted by Gasteiger charge is 2.23. The molecule has 108 valence electrons. The Labute approximate surface area is 125 Å². The average Bonchev–Trinajstić information content (AvgIpc) is 2.76. The Hall–Kier alpha value is -1.89. The highest BCUT2D eigenvalue weighted by Crippen LogP contribution is 2.48. The molecule has 2 aromatic rings. The van der Waals surface area contributed by atoms with Crippen molar-refractivity contribution < 1.29 is 14.2 Å². The summed E-state index contributed by atoms with van der Waals surface area (Å²) in [6.45, 7) is 0. The topological polar surface area (TPSA) is 71.5 Å². The summed E-state index contributed by atoms with van der Waals surface area (Å²) < 4.78 is 18.6. The normalized spacial score (nSPS) is 10.4. The molecule has 0 saturated heterocycles. The van der Waals surface area contributed by atoms with Crippen molar-refractivity contribution in [3.63, 3.8) is 0 Å². The number of benzene rings is 1. The van der Waals surface area contributed by atoms with E-state index < -0.39 is 0 Å². The van der Waals surface area contributed by atoms with Gasteiger partial charge in [0.1, 0.15) is 17.3 Å². The summed E-state index contributed by atoms with van der Waals surface area (Å²) in [5.41, 5.74) is 7.19. The number of nitrogens with zero attached hydrogens (tertiary/aromatic N) is 2. The lowest BCUT2D eigenvalue weighted by Gasteiger charge is -2.16. The maximum absolute atomic E-state index is 5.85. The van der Waals surface area contributed by atoms with Crippen LogP contribution in [0.5, 0.6) is 17.2 Å². The highest BCUT2D eigenvalue weighted by molar-refractivity contribution is 9.10. The van der Waals surface area contributed by atoms with Crippen LogP contribution in [-0.2, 0) is 7.05 Å². The van der Waals surface area contributed by atoms with Gasteiger partial charge < -0.3 is 19.9 Å². The second-order valence-electron chi connectivity index (χ2n) is 4.08. The first-order valence-electron chi connectivity index (χ1n) is 5.81. The van der Waals surface area contributed by atoms with Crippen LogP contribution in [0.1, 0.15) is 0 Å². The summed E-state index contributed by atoms with van der Waals surface area (Å²) in [6, 6.07) is 3.54. The third-order valence-corrected chi connectivity index (χ3v) is 3.54. The first-order chi connectivity index (χ1) is 9.53. The number of aromatic nitrogens is 2. The van der Waals surface area contributed by atoms with Gasteiger partial charge in [-0.25, -0.2) is 0 Å². The first kappa shape index (κ1) is 14.5. The Kier molecular flexibility index (Phi) is 4.08. The Bertz CT molecular complexity index is 621. The molecule has 1 aromatic carbocycles. The predicted octanol–water partition coefficient (Wildman–Crippen LogP) is 2.46. The molecular formula is C13H16BrN3O3. The van der Waals surface area contributed by atoms with Crippen molar-refractivity contribution >= 4 is 21.7 Å². The smallest absolute Gasteiger partial charge is 0.174 e. The van der Waals surface area contributed by atoms with Gasteiger partial charge in [0.15, 0.2) is 11.5 Å². The van der Waals surface area contributed by atoms with Crippen molar-refractivity contribution in [1.82, 2.24) is 9.78 Å². The number of rotatable bonds is 4. The van der Waals surface area contributed by atoms with Gasteiger partial charge in [0.25, 0.3) is 0 Å². The van der Waals surface area contributed by atoms with Crippen LogP contribution in [0.15, 0.2) is 16.6 Å². The number of ether oxygens (including phenoxy) is 3. The molecule has 0 radical (unpaired) electrons. The van der Waals surface area contributed by atoms with E-state index in [2.05, 4.69) is 21.0 Å². The third kappa shape index (κ3) is 2.29. The lowest BCUT2D eigenvalue weighted by molar-refractivity contribution is 0.350. The summed E-state index contributed by atoms with van der Waals surface area (Å²) in [5, 5.41) is 4.37. The molecule has 0 saturated carbocycles. The van der Waals surface area contributed by atoms with Gasteiger partial charge in [-0.05, 0) is 15.9 Å². The summed E-state index contributed by atoms with van der Waals surface area (Å²) in [4.78, 5) is 0. The van der Waals surface area contributed by atoms with E-state index in [4.69, 9.17) is 19.9 Å². The molecule has 0 unspecified atom stereocenters. The molecule has 7 heteroatoms. The van der Waals surface area contributed by atoms with Gasteiger partial charge in [-0.15, -0.1) is 0 Å². The Morgan fingerprint density at radius 2 is 1.75 bits per heavy atom. The highest BCUT2D eigenvalue weighted by atomic mass is 79.9. The van der Waals surface area contributed by atoms with Crippen molar-refractivity contribution in [3.8, 4) is 28.5 Å². The van der Waals surface area contributed by atoms with E-state index in [1.165, 1.54) is 0 Å². The van der Waals surface area contributed by atoms with E-state index in [1.54, 1.807) is 45.2 Å². The van der Waals surface area contributed by atoms with E-state index in [9.17, 15) is 0 Å². The Morgan fingerprint density at radius 3 is 2.20 bits per heavy atom. The molecule has 0 aliphatic carbocycles. The van der Waals surface area contributed by atoms with Gasteiger partial charge >= 0.3 is 0 Å². The molecule has 20 heavy (non-hydrogen) atoms. The molecule has 6 nitrogen and oxygen atoms in total. The second kappa shape index (κ2) is 5.62. The summed E-state index contributed by atoms with van der Waals surface area (Å²) in [7, 11) is 6.50. The van der Waals surface area contributed by atoms with Gasteiger partial charge in [-0.3, -0.25) is 4.68 Å².